The highest BCUT2D eigenvalue weighted by atomic mass is 35.5. The Labute approximate surface area is 66.3 Å². The number of thiocyanates is 1. The number of thioether (sulfide) groups is 1. The topological polar surface area (TPSA) is 23.8 Å². The highest BCUT2D eigenvalue weighted by molar-refractivity contribution is 8.03. The molecule has 0 atom stereocenters. The lowest BCUT2D eigenvalue weighted by molar-refractivity contribution is 1.55. The molecule has 0 amide bonds. The van der Waals surface area contributed by atoms with Gasteiger partial charge in [-0.25, -0.2) is 0 Å². The number of halogens is 1. The summed E-state index contributed by atoms with van der Waals surface area (Å²) in [7, 11) is 0. The summed E-state index contributed by atoms with van der Waals surface area (Å²) in [6.45, 7) is 0. The minimum Gasteiger partial charge on any atom is -0.185 e. The van der Waals surface area contributed by atoms with Crippen molar-refractivity contribution in [2.24, 2.45) is 0 Å². The SMILES string of the molecule is N#CSc1csc(Cl)c1. The van der Waals surface area contributed by atoms with E-state index < -0.39 is 0 Å². The summed E-state index contributed by atoms with van der Waals surface area (Å²) in [6.07, 6.45) is 0. The first-order chi connectivity index (χ1) is 4.33. The molecule has 1 nitrogen and oxygen atoms in total. The van der Waals surface area contributed by atoms with Gasteiger partial charge in [0.1, 0.15) is 5.40 Å². The van der Waals surface area contributed by atoms with Crippen molar-refractivity contribution in [1.29, 1.82) is 5.26 Å². The van der Waals surface area contributed by atoms with Crippen LogP contribution in [0.15, 0.2) is 16.3 Å². The van der Waals surface area contributed by atoms with Gasteiger partial charge in [-0.3, -0.25) is 0 Å². The number of thiophene rings is 1. The van der Waals surface area contributed by atoms with Crippen LogP contribution < -0.4 is 0 Å². The molecule has 0 spiro atoms. The number of rotatable bonds is 1. The monoisotopic (exact) mass is 175 g/mol. The third kappa shape index (κ3) is 1.90. The standard InChI is InChI=1S/C5H2ClNS2/c6-5-1-4(2-8-5)9-3-7/h1-2H. The van der Waals surface area contributed by atoms with E-state index in [9.17, 15) is 0 Å². The highest BCUT2D eigenvalue weighted by Crippen LogP contribution is 2.26. The van der Waals surface area contributed by atoms with Crippen molar-refractivity contribution in [3.05, 3.63) is 15.8 Å². The van der Waals surface area contributed by atoms with Crippen LogP contribution >= 0.6 is 34.7 Å². The Morgan fingerprint density at radius 3 is 3.00 bits per heavy atom. The smallest absolute Gasteiger partial charge is 0.138 e. The molecule has 0 N–H and O–H groups in total. The number of nitriles is 1. The van der Waals surface area contributed by atoms with Gasteiger partial charge in [0.15, 0.2) is 0 Å². The summed E-state index contributed by atoms with van der Waals surface area (Å²) < 4.78 is 0.729. The second-order valence-electron chi connectivity index (χ2n) is 1.28. The van der Waals surface area contributed by atoms with Gasteiger partial charge in [0.05, 0.1) is 4.34 Å². The number of hydrogen-bond donors (Lipinski definition) is 0. The summed E-state index contributed by atoms with van der Waals surface area (Å²) >= 11 is 8.16. The molecule has 1 heterocycles. The van der Waals surface area contributed by atoms with Crippen LogP contribution in [0, 0.1) is 10.7 Å². The third-order valence-corrected chi connectivity index (χ3v) is 2.51. The molecule has 1 rings (SSSR count). The van der Waals surface area contributed by atoms with Crippen molar-refractivity contribution in [3.8, 4) is 5.40 Å². The fraction of sp³-hybridized carbons (Fsp3) is 0. The van der Waals surface area contributed by atoms with Crippen molar-refractivity contribution in [2.45, 2.75) is 4.90 Å². The van der Waals surface area contributed by atoms with Crippen molar-refractivity contribution in [1.82, 2.24) is 0 Å². The summed E-state index contributed by atoms with van der Waals surface area (Å²) in [6, 6.07) is 1.78. The van der Waals surface area contributed by atoms with Gasteiger partial charge in [-0.05, 0) is 17.8 Å². The zero-order valence-electron chi connectivity index (χ0n) is 4.30. The molecule has 0 saturated heterocycles. The van der Waals surface area contributed by atoms with Crippen molar-refractivity contribution in [2.75, 3.05) is 0 Å². The summed E-state index contributed by atoms with van der Waals surface area (Å²) in [4.78, 5) is 0.924. The van der Waals surface area contributed by atoms with Crippen LogP contribution in [-0.2, 0) is 0 Å². The molecule has 0 fully saturated rings. The highest BCUT2D eigenvalue weighted by Gasteiger charge is 1.95. The Hall–Kier alpha value is -0.170. The van der Waals surface area contributed by atoms with E-state index in [0.717, 1.165) is 21.0 Å². The molecule has 0 unspecified atom stereocenters. The zero-order valence-corrected chi connectivity index (χ0v) is 6.69. The van der Waals surface area contributed by atoms with Crippen LogP contribution in [0.3, 0.4) is 0 Å². The van der Waals surface area contributed by atoms with Gasteiger partial charge in [-0.15, -0.1) is 11.3 Å². The maximum atomic E-state index is 8.20. The summed E-state index contributed by atoms with van der Waals surface area (Å²) in [5.41, 5.74) is 0. The van der Waals surface area contributed by atoms with Crippen LogP contribution in [0.5, 0.6) is 0 Å². The van der Waals surface area contributed by atoms with Gasteiger partial charge >= 0.3 is 0 Å². The molecule has 0 saturated carbocycles. The van der Waals surface area contributed by atoms with Crippen LogP contribution in [0.25, 0.3) is 0 Å². The first-order valence-electron chi connectivity index (χ1n) is 2.13. The van der Waals surface area contributed by atoms with E-state index in [1.807, 2.05) is 10.8 Å². The van der Waals surface area contributed by atoms with Crippen molar-refractivity contribution in [3.63, 3.8) is 0 Å². The third-order valence-electron chi connectivity index (χ3n) is 0.707. The van der Waals surface area contributed by atoms with E-state index in [-0.39, 0.29) is 0 Å². The van der Waals surface area contributed by atoms with E-state index in [1.165, 1.54) is 11.3 Å². The average Bonchev–Trinajstić information content (AvgIpc) is 2.17. The predicted octanol–water partition coefficient (Wildman–Crippen LogP) is 2.97. The molecule has 4 heteroatoms. The van der Waals surface area contributed by atoms with Crippen LogP contribution in [-0.4, -0.2) is 0 Å². The normalized spacial score (nSPS) is 8.89. The molecule has 0 aliphatic rings. The van der Waals surface area contributed by atoms with Gasteiger partial charge in [-0.2, -0.15) is 5.26 Å². The summed E-state index contributed by atoms with van der Waals surface area (Å²) in [5.74, 6) is 0. The fourth-order valence-electron chi connectivity index (χ4n) is 0.400. The summed E-state index contributed by atoms with van der Waals surface area (Å²) in [5, 5.41) is 12.0. The Morgan fingerprint density at radius 2 is 2.56 bits per heavy atom. The molecule has 0 aliphatic carbocycles. The molecule has 0 radical (unpaired) electrons. The van der Waals surface area contributed by atoms with E-state index in [0.29, 0.717) is 0 Å². The van der Waals surface area contributed by atoms with Crippen molar-refractivity contribution >= 4 is 34.7 Å². The van der Waals surface area contributed by atoms with Crippen LogP contribution in [0.4, 0.5) is 0 Å². The molecule has 9 heavy (non-hydrogen) atoms. The molecular weight excluding hydrogens is 174 g/mol. The van der Waals surface area contributed by atoms with E-state index in [4.69, 9.17) is 16.9 Å². The molecule has 0 aromatic carbocycles. The lowest BCUT2D eigenvalue weighted by atomic mass is 10.7. The lowest BCUT2D eigenvalue weighted by Gasteiger charge is -1.76. The van der Waals surface area contributed by atoms with E-state index in [2.05, 4.69) is 0 Å². The molecule has 46 valence electrons. The Balaban J connectivity index is 2.76. The van der Waals surface area contributed by atoms with E-state index >= 15 is 0 Å². The molecular formula is C5H2ClNS2. The van der Waals surface area contributed by atoms with Gasteiger partial charge in [-0.1, -0.05) is 11.6 Å². The predicted molar refractivity (Wildman–Crippen MR) is 40.8 cm³/mol. The lowest BCUT2D eigenvalue weighted by Crippen LogP contribution is -1.51. The maximum absolute atomic E-state index is 8.20. The second-order valence-corrected chi connectivity index (χ2v) is 3.68. The van der Waals surface area contributed by atoms with Gasteiger partial charge in [0.2, 0.25) is 0 Å². The van der Waals surface area contributed by atoms with Crippen LogP contribution in [0.1, 0.15) is 0 Å². The van der Waals surface area contributed by atoms with Gasteiger partial charge in [0.25, 0.3) is 0 Å². The Bertz CT molecular complexity index is 237. The average molecular weight is 176 g/mol. The molecule has 0 bridgehead atoms. The Morgan fingerprint density at radius 1 is 1.78 bits per heavy atom. The second kappa shape index (κ2) is 3.11. The minimum absolute atomic E-state index is 0.729. The first-order valence-corrected chi connectivity index (χ1v) is 4.20. The molecule has 1 aromatic heterocycles. The Kier molecular flexibility index (Phi) is 2.40. The minimum atomic E-state index is 0.729. The largest absolute Gasteiger partial charge is 0.185 e. The number of hydrogen-bond acceptors (Lipinski definition) is 3. The van der Waals surface area contributed by atoms with Gasteiger partial charge < -0.3 is 0 Å². The van der Waals surface area contributed by atoms with Crippen LogP contribution in [0.2, 0.25) is 4.34 Å². The van der Waals surface area contributed by atoms with Gasteiger partial charge in [0, 0.05) is 10.3 Å². The number of nitrogens with zero attached hydrogens (tertiary/aromatic N) is 1. The molecule has 0 aliphatic heterocycles. The zero-order chi connectivity index (χ0) is 6.69. The maximum Gasteiger partial charge on any atom is 0.138 e. The molecule has 1 aromatic rings. The van der Waals surface area contributed by atoms with E-state index in [1.54, 1.807) is 6.07 Å². The fourth-order valence-corrected chi connectivity index (χ4v) is 1.90. The quantitative estimate of drug-likeness (QED) is 0.484. The van der Waals surface area contributed by atoms with Crippen molar-refractivity contribution < 1.29 is 0 Å². The first kappa shape index (κ1) is 6.94.